The summed E-state index contributed by atoms with van der Waals surface area (Å²) < 4.78 is 4.60. The first-order chi connectivity index (χ1) is 3.41. The van der Waals surface area contributed by atoms with Crippen molar-refractivity contribution in [1.82, 2.24) is 0 Å². The fraction of sp³-hybridized carbons (Fsp3) is 1.00. The lowest BCUT2D eigenvalue weighted by atomic mass is 10.9. The summed E-state index contributed by atoms with van der Waals surface area (Å²) in [6.07, 6.45) is 0. The first-order valence-electron chi connectivity index (χ1n) is 2.13. The zero-order valence-corrected chi connectivity index (χ0v) is 6.76. The highest BCUT2D eigenvalue weighted by molar-refractivity contribution is 6.17. The Morgan fingerprint density at radius 2 is 1.88 bits per heavy atom. The van der Waals surface area contributed by atoms with Crippen molar-refractivity contribution < 1.29 is 4.74 Å². The Balaban J connectivity index is -0.0000000750. The Morgan fingerprint density at radius 1 is 1.50 bits per heavy atom. The van der Waals surface area contributed by atoms with Crippen LogP contribution in [0.15, 0.2) is 0 Å². The lowest BCUT2D eigenvalue weighted by Crippen LogP contribution is -1.81. The minimum absolute atomic E-state index is 0. The molecule has 0 heterocycles. The molecule has 0 fully saturated rings. The monoisotopic (exact) mass is 161 g/mol. The van der Waals surface area contributed by atoms with Gasteiger partial charge in [-0.05, 0) is 14.0 Å². The van der Waals surface area contributed by atoms with Gasteiger partial charge in [-0.25, -0.2) is 0 Å². The Bertz CT molecular complexity index is 21.5. The van der Waals surface area contributed by atoms with Gasteiger partial charge in [0, 0.05) is 6.61 Å². The van der Waals surface area contributed by atoms with Gasteiger partial charge in [0.2, 0.25) is 0 Å². The van der Waals surface area contributed by atoms with E-state index in [9.17, 15) is 0 Å². The highest BCUT2D eigenvalue weighted by Crippen LogP contribution is 1.73. The van der Waals surface area contributed by atoms with E-state index in [1.807, 2.05) is 6.92 Å². The van der Waals surface area contributed by atoms with E-state index in [0.29, 0.717) is 12.7 Å². The van der Waals surface area contributed by atoms with Gasteiger partial charge in [0.05, 0.1) is 0 Å². The predicted octanol–water partition coefficient (Wildman–Crippen LogP) is 1.22. The first kappa shape index (κ1) is 15.8. The Kier molecular flexibility index (Phi) is 51.1. The molecule has 0 saturated heterocycles. The van der Waals surface area contributed by atoms with E-state index in [0.717, 1.165) is 0 Å². The predicted molar refractivity (Wildman–Crippen MR) is 39.7 cm³/mol. The molecule has 0 aliphatic heterocycles. The molecule has 8 heavy (non-hydrogen) atoms. The Labute approximate surface area is 61.7 Å². The molecule has 2 nitrogen and oxygen atoms in total. The number of alkyl halides is 1. The summed E-state index contributed by atoms with van der Waals surface area (Å²) in [7, 11) is 1.50. The molecule has 0 saturated carbocycles. The molecule has 2 N–H and O–H groups in total. The molecule has 0 aromatic rings. The van der Waals surface area contributed by atoms with Crippen LogP contribution in [0.5, 0.6) is 0 Å². The van der Waals surface area contributed by atoms with Crippen LogP contribution < -0.4 is 5.73 Å². The van der Waals surface area contributed by atoms with Crippen molar-refractivity contribution in [1.29, 1.82) is 0 Å². The van der Waals surface area contributed by atoms with Crippen LogP contribution in [0.4, 0.5) is 0 Å². The van der Waals surface area contributed by atoms with E-state index in [1.54, 1.807) is 0 Å². The lowest BCUT2D eigenvalue weighted by molar-refractivity contribution is 0.195. The third-order valence-electron chi connectivity index (χ3n) is 0.281. The summed E-state index contributed by atoms with van der Waals surface area (Å²) in [6.45, 7) is 2.62. The van der Waals surface area contributed by atoms with Gasteiger partial charge < -0.3 is 10.5 Å². The molecule has 0 bridgehead atoms. The maximum Gasteiger partial charge on any atom is 0.120 e. The SMILES string of the molecule is CCOCCl.CN.Cl. The number of hydrogen-bond donors (Lipinski definition) is 1. The first-order valence-corrected chi connectivity index (χ1v) is 2.66. The standard InChI is InChI=1S/C3H7ClO.CH5N.ClH/c1-2-5-3-4;1-2;/h2-3H2,1H3;2H2,1H3;1H. The summed E-state index contributed by atoms with van der Waals surface area (Å²) >= 11 is 5.08. The van der Waals surface area contributed by atoms with Gasteiger partial charge >= 0.3 is 0 Å². The summed E-state index contributed by atoms with van der Waals surface area (Å²) in [5.41, 5.74) is 4.50. The molecular formula is C4H13Cl2NO. The van der Waals surface area contributed by atoms with Crippen LogP contribution in [0.3, 0.4) is 0 Å². The van der Waals surface area contributed by atoms with Crippen LogP contribution in [0.2, 0.25) is 0 Å². The van der Waals surface area contributed by atoms with Crippen LogP contribution in [-0.2, 0) is 4.74 Å². The van der Waals surface area contributed by atoms with Crippen LogP contribution in [0.1, 0.15) is 6.92 Å². The third-order valence-corrected chi connectivity index (χ3v) is 0.436. The van der Waals surface area contributed by atoms with E-state index >= 15 is 0 Å². The van der Waals surface area contributed by atoms with Crippen LogP contribution in [-0.4, -0.2) is 19.7 Å². The number of rotatable bonds is 2. The van der Waals surface area contributed by atoms with Gasteiger partial charge in [-0.15, -0.1) is 12.4 Å². The molecule has 0 amide bonds. The smallest absolute Gasteiger partial charge is 0.120 e. The molecule has 0 aromatic heterocycles. The molecule has 0 rings (SSSR count). The number of hydrogen-bond acceptors (Lipinski definition) is 2. The lowest BCUT2D eigenvalue weighted by Gasteiger charge is -1.84. The zero-order valence-electron chi connectivity index (χ0n) is 5.19. The summed E-state index contributed by atoms with van der Waals surface area (Å²) in [5.74, 6) is 0. The maximum atomic E-state index is 5.08. The highest BCUT2D eigenvalue weighted by atomic mass is 35.5. The van der Waals surface area contributed by atoms with E-state index in [-0.39, 0.29) is 12.4 Å². The second-order valence-electron chi connectivity index (χ2n) is 0.602. The van der Waals surface area contributed by atoms with Gasteiger partial charge in [0.1, 0.15) is 6.07 Å². The van der Waals surface area contributed by atoms with Crippen molar-refractivity contribution in [3.8, 4) is 0 Å². The number of ether oxygens (including phenoxy) is 1. The van der Waals surface area contributed by atoms with E-state index in [4.69, 9.17) is 11.6 Å². The normalized spacial score (nSPS) is 6.00. The molecule has 0 aliphatic rings. The third kappa shape index (κ3) is 31.5. The number of halogens is 2. The van der Waals surface area contributed by atoms with Gasteiger partial charge in [-0.3, -0.25) is 0 Å². The van der Waals surface area contributed by atoms with Gasteiger partial charge in [-0.1, -0.05) is 11.6 Å². The largest absolute Gasteiger partial charge is 0.366 e. The van der Waals surface area contributed by atoms with Crippen LogP contribution in [0.25, 0.3) is 0 Å². The summed E-state index contributed by atoms with van der Waals surface area (Å²) in [5, 5.41) is 0. The fourth-order valence-corrected chi connectivity index (χ4v) is 0.231. The van der Waals surface area contributed by atoms with Crippen molar-refractivity contribution in [2.24, 2.45) is 5.73 Å². The van der Waals surface area contributed by atoms with Crippen molar-refractivity contribution in [2.75, 3.05) is 19.7 Å². The molecule has 54 valence electrons. The van der Waals surface area contributed by atoms with Crippen molar-refractivity contribution in [2.45, 2.75) is 6.92 Å². The van der Waals surface area contributed by atoms with E-state index < -0.39 is 0 Å². The molecule has 0 atom stereocenters. The topological polar surface area (TPSA) is 35.2 Å². The van der Waals surface area contributed by atoms with Crippen LogP contribution in [0, 0.1) is 0 Å². The van der Waals surface area contributed by atoms with Crippen molar-refractivity contribution in [3.63, 3.8) is 0 Å². The van der Waals surface area contributed by atoms with E-state index in [1.165, 1.54) is 7.05 Å². The molecule has 0 aromatic carbocycles. The van der Waals surface area contributed by atoms with Crippen molar-refractivity contribution >= 4 is 24.0 Å². The van der Waals surface area contributed by atoms with Gasteiger partial charge in [0.15, 0.2) is 0 Å². The molecule has 4 heteroatoms. The molecule has 0 unspecified atom stereocenters. The second-order valence-corrected chi connectivity index (χ2v) is 0.820. The van der Waals surface area contributed by atoms with Gasteiger partial charge in [-0.2, -0.15) is 0 Å². The maximum absolute atomic E-state index is 5.08. The van der Waals surface area contributed by atoms with Crippen molar-refractivity contribution in [3.05, 3.63) is 0 Å². The average Bonchev–Trinajstić information content (AvgIpc) is 1.75. The minimum Gasteiger partial charge on any atom is -0.366 e. The zero-order chi connectivity index (χ0) is 6.12. The second kappa shape index (κ2) is 25.9. The molecular weight excluding hydrogens is 149 g/mol. The fourth-order valence-electron chi connectivity index (χ4n) is 0.0772. The van der Waals surface area contributed by atoms with Crippen LogP contribution >= 0.6 is 24.0 Å². The Hall–Kier alpha value is 0.500. The summed E-state index contributed by atoms with van der Waals surface area (Å²) in [4.78, 5) is 0. The van der Waals surface area contributed by atoms with E-state index in [2.05, 4.69) is 10.5 Å². The molecule has 0 aliphatic carbocycles. The minimum atomic E-state index is 0. The average molecular weight is 162 g/mol. The quantitative estimate of drug-likeness (QED) is 0.619. The molecule has 0 radical (unpaired) electrons. The Morgan fingerprint density at radius 3 is 1.88 bits per heavy atom. The summed E-state index contributed by atoms with van der Waals surface area (Å²) in [6, 6.07) is 0.316. The molecule has 0 spiro atoms. The van der Waals surface area contributed by atoms with Gasteiger partial charge in [0.25, 0.3) is 0 Å². The highest BCUT2D eigenvalue weighted by Gasteiger charge is 1.66. The number of nitrogens with two attached hydrogens (primary N) is 1.